The lowest BCUT2D eigenvalue weighted by atomic mass is 9.98. The molecule has 0 aromatic heterocycles. The summed E-state index contributed by atoms with van der Waals surface area (Å²) in [5.41, 5.74) is -1.72. The average Bonchev–Trinajstić information content (AvgIpc) is 2.95. The van der Waals surface area contributed by atoms with E-state index in [-0.39, 0.29) is 27.8 Å². The normalized spacial score (nSPS) is 11.3. The summed E-state index contributed by atoms with van der Waals surface area (Å²) in [5.74, 6) is -6.85. The van der Waals surface area contributed by atoms with E-state index in [0.717, 1.165) is 6.07 Å². The van der Waals surface area contributed by atoms with E-state index in [0.29, 0.717) is 47.5 Å². The molecule has 46 heavy (non-hydrogen) atoms. The summed E-state index contributed by atoms with van der Waals surface area (Å²) in [6.45, 7) is 2.85. The first-order valence-electron chi connectivity index (χ1n) is 13.2. The molecule has 0 saturated carbocycles. The lowest BCUT2D eigenvalue weighted by Gasteiger charge is -2.20. The molecule has 11 heteroatoms. The SMILES string of the molecule is Cc1cc(F)c(C(F)(F)Oc2cc(F)c(-c3ccc(C#Cc4cc(F)c(-c5cc(F)c(F)c(F)c5)cc4C)cc3)c(F)c2)c(F)c1. The van der Waals surface area contributed by atoms with Crippen molar-refractivity contribution >= 4 is 0 Å². The fourth-order valence-corrected chi connectivity index (χ4v) is 4.67. The third-order valence-corrected chi connectivity index (χ3v) is 6.86. The Balaban J connectivity index is 1.37. The van der Waals surface area contributed by atoms with Gasteiger partial charge in [0, 0.05) is 28.8 Å². The third kappa shape index (κ3) is 6.42. The molecule has 0 N–H and O–H groups in total. The van der Waals surface area contributed by atoms with Gasteiger partial charge in [-0.05, 0) is 84.6 Å². The lowest BCUT2D eigenvalue weighted by Crippen LogP contribution is -2.25. The van der Waals surface area contributed by atoms with Crippen molar-refractivity contribution in [3.63, 3.8) is 0 Å². The van der Waals surface area contributed by atoms with Gasteiger partial charge in [0.25, 0.3) is 0 Å². The summed E-state index contributed by atoms with van der Waals surface area (Å²) in [7, 11) is 0. The van der Waals surface area contributed by atoms with Gasteiger partial charge < -0.3 is 4.74 Å². The Morgan fingerprint density at radius 3 is 1.70 bits per heavy atom. The van der Waals surface area contributed by atoms with Crippen molar-refractivity contribution in [2.45, 2.75) is 20.0 Å². The highest BCUT2D eigenvalue weighted by molar-refractivity contribution is 5.68. The minimum atomic E-state index is -4.60. The van der Waals surface area contributed by atoms with Crippen molar-refractivity contribution in [3.05, 3.63) is 147 Å². The Morgan fingerprint density at radius 2 is 1.13 bits per heavy atom. The maximum Gasteiger partial charge on any atom is 0.432 e. The summed E-state index contributed by atoms with van der Waals surface area (Å²) in [5, 5.41) is 0. The molecule has 234 valence electrons. The molecular weight excluding hydrogens is 626 g/mol. The van der Waals surface area contributed by atoms with Crippen molar-refractivity contribution in [1.29, 1.82) is 0 Å². The largest absolute Gasteiger partial charge is 0.432 e. The van der Waals surface area contributed by atoms with Crippen LogP contribution in [0.15, 0.2) is 72.8 Å². The third-order valence-electron chi connectivity index (χ3n) is 6.86. The summed E-state index contributed by atoms with van der Waals surface area (Å²) in [4.78, 5) is 0. The molecule has 0 bridgehead atoms. The number of alkyl halides is 2. The Bertz CT molecular complexity index is 1990. The minimum Gasteiger partial charge on any atom is -0.429 e. The molecule has 0 unspecified atom stereocenters. The number of aryl methyl sites for hydroxylation is 2. The second-order valence-corrected chi connectivity index (χ2v) is 10.2. The molecule has 0 aliphatic heterocycles. The van der Waals surface area contributed by atoms with Crippen LogP contribution in [0.2, 0.25) is 0 Å². The maximum absolute atomic E-state index is 14.9. The molecule has 0 fully saturated rings. The monoisotopic (exact) mass is 644 g/mol. The van der Waals surface area contributed by atoms with Gasteiger partial charge in [0.05, 0.1) is 5.56 Å². The molecule has 0 saturated heterocycles. The van der Waals surface area contributed by atoms with Gasteiger partial charge in [-0.25, -0.2) is 35.1 Å². The number of halogens is 10. The molecule has 0 heterocycles. The number of hydrogen-bond donors (Lipinski definition) is 0. The summed E-state index contributed by atoms with van der Waals surface area (Å²) < 4.78 is 147. The topological polar surface area (TPSA) is 9.23 Å². The Morgan fingerprint density at radius 1 is 0.565 bits per heavy atom. The first-order valence-corrected chi connectivity index (χ1v) is 13.2. The predicted molar refractivity (Wildman–Crippen MR) is 150 cm³/mol. The summed E-state index contributed by atoms with van der Waals surface area (Å²) >= 11 is 0. The predicted octanol–water partition coefficient (Wildman–Crippen LogP) is 10.3. The number of rotatable bonds is 5. The van der Waals surface area contributed by atoms with Crippen LogP contribution >= 0.6 is 0 Å². The first-order chi connectivity index (χ1) is 21.6. The van der Waals surface area contributed by atoms with Crippen LogP contribution in [0.3, 0.4) is 0 Å². The summed E-state index contributed by atoms with van der Waals surface area (Å²) in [6, 6.07) is 11.2. The highest BCUT2D eigenvalue weighted by Crippen LogP contribution is 2.38. The van der Waals surface area contributed by atoms with Gasteiger partial charge in [0.2, 0.25) is 0 Å². The Kier molecular flexibility index (Phi) is 8.58. The van der Waals surface area contributed by atoms with E-state index >= 15 is 0 Å². The Labute approximate surface area is 255 Å². The number of ether oxygens (including phenoxy) is 1. The van der Waals surface area contributed by atoms with Crippen LogP contribution in [0.4, 0.5) is 43.9 Å². The second kappa shape index (κ2) is 12.3. The van der Waals surface area contributed by atoms with Crippen LogP contribution in [-0.4, -0.2) is 0 Å². The molecule has 5 rings (SSSR count). The standard InChI is InChI=1S/C35H18F10O/c1-17-9-28(39)33(29(40)10-17)35(44,45)46-23-15-26(37)32(27(38)16-23)20-6-3-19(4-7-20)5-8-21-12-25(36)24(11-18(21)2)22-13-30(41)34(43)31(42)14-22/h3-4,6-7,9-16H,1-2H3. The molecule has 5 aromatic rings. The molecule has 0 aliphatic rings. The van der Waals surface area contributed by atoms with E-state index in [4.69, 9.17) is 0 Å². The van der Waals surface area contributed by atoms with Crippen LogP contribution in [0, 0.1) is 72.2 Å². The fraction of sp³-hybridized carbons (Fsp3) is 0.0857. The molecule has 5 aromatic carbocycles. The highest BCUT2D eigenvalue weighted by atomic mass is 19.3. The summed E-state index contributed by atoms with van der Waals surface area (Å²) in [6.07, 6.45) is -4.60. The second-order valence-electron chi connectivity index (χ2n) is 10.2. The van der Waals surface area contributed by atoms with Crippen molar-refractivity contribution in [2.75, 3.05) is 0 Å². The van der Waals surface area contributed by atoms with Crippen LogP contribution < -0.4 is 4.74 Å². The molecule has 0 aliphatic carbocycles. The molecule has 0 amide bonds. The van der Waals surface area contributed by atoms with E-state index in [9.17, 15) is 43.9 Å². The fourth-order valence-electron chi connectivity index (χ4n) is 4.67. The van der Waals surface area contributed by atoms with E-state index in [1.165, 1.54) is 37.3 Å². The maximum atomic E-state index is 14.9. The van der Waals surface area contributed by atoms with Crippen molar-refractivity contribution in [2.24, 2.45) is 0 Å². The first kappa shape index (κ1) is 32.2. The molecule has 0 spiro atoms. The van der Waals surface area contributed by atoms with E-state index in [1.54, 1.807) is 6.92 Å². The van der Waals surface area contributed by atoms with Gasteiger partial charge in [-0.15, -0.1) is 0 Å². The van der Waals surface area contributed by atoms with Crippen molar-refractivity contribution in [3.8, 4) is 39.8 Å². The van der Waals surface area contributed by atoms with Gasteiger partial charge in [0.1, 0.15) is 40.4 Å². The van der Waals surface area contributed by atoms with Crippen LogP contribution in [0.5, 0.6) is 5.75 Å². The molecule has 0 atom stereocenters. The van der Waals surface area contributed by atoms with E-state index in [1.807, 2.05) is 0 Å². The van der Waals surface area contributed by atoms with Gasteiger partial charge in [-0.2, -0.15) is 8.78 Å². The molecule has 1 nitrogen and oxygen atoms in total. The lowest BCUT2D eigenvalue weighted by molar-refractivity contribution is -0.189. The zero-order chi connectivity index (χ0) is 33.5. The van der Waals surface area contributed by atoms with Crippen LogP contribution in [-0.2, 0) is 6.11 Å². The minimum absolute atomic E-state index is 0.0141. The number of hydrogen-bond acceptors (Lipinski definition) is 1. The average molecular weight is 645 g/mol. The van der Waals surface area contributed by atoms with Crippen LogP contribution in [0.25, 0.3) is 22.3 Å². The van der Waals surface area contributed by atoms with Gasteiger partial charge in [-0.1, -0.05) is 24.0 Å². The van der Waals surface area contributed by atoms with Gasteiger partial charge in [0.15, 0.2) is 17.5 Å². The zero-order valence-electron chi connectivity index (χ0n) is 23.6. The Hall–Kier alpha value is -5.24. The smallest absolute Gasteiger partial charge is 0.429 e. The van der Waals surface area contributed by atoms with Crippen LogP contribution in [0.1, 0.15) is 27.8 Å². The zero-order valence-corrected chi connectivity index (χ0v) is 23.6. The van der Waals surface area contributed by atoms with Crippen molar-refractivity contribution < 1.29 is 48.6 Å². The number of benzene rings is 5. The molecule has 0 radical (unpaired) electrons. The quantitative estimate of drug-likeness (QED) is 0.105. The van der Waals surface area contributed by atoms with Crippen molar-refractivity contribution in [1.82, 2.24) is 0 Å². The van der Waals surface area contributed by atoms with Gasteiger partial charge >= 0.3 is 6.11 Å². The highest BCUT2D eigenvalue weighted by Gasteiger charge is 2.41. The van der Waals surface area contributed by atoms with E-state index < -0.39 is 69.5 Å². The van der Waals surface area contributed by atoms with Gasteiger partial charge in [-0.3, -0.25) is 0 Å². The molecular formula is C35H18F10O. The van der Waals surface area contributed by atoms with E-state index in [2.05, 4.69) is 16.6 Å².